The second-order valence-corrected chi connectivity index (χ2v) is 7.26. The lowest BCUT2D eigenvalue weighted by Crippen LogP contribution is -2.62. The minimum absolute atomic E-state index is 0.0360. The molecule has 1 saturated carbocycles. The lowest BCUT2D eigenvalue weighted by atomic mass is 9.53. The van der Waals surface area contributed by atoms with Crippen molar-refractivity contribution < 1.29 is 19.1 Å². The van der Waals surface area contributed by atoms with E-state index in [4.69, 9.17) is 4.74 Å². The Morgan fingerprint density at radius 3 is 2.71 bits per heavy atom. The third kappa shape index (κ3) is 1.32. The van der Waals surface area contributed by atoms with Crippen molar-refractivity contribution in [1.29, 1.82) is 0 Å². The van der Waals surface area contributed by atoms with E-state index in [1.54, 1.807) is 12.1 Å². The van der Waals surface area contributed by atoms with Crippen LogP contribution in [0.4, 0.5) is 0 Å². The van der Waals surface area contributed by atoms with Gasteiger partial charge in [0.05, 0.1) is 17.4 Å². The number of Topliss-reactive ketones (excluding diaryl/α,β-unsaturated/α-hetero) is 1. The molecule has 0 radical (unpaired) electrons. The summed E-state index contributed by atoms with van der Waals surface area (Å²) < 4.78 is 6.35. The zero-order chi connectivity index (χ0) is 16.8. The van der Waals surface area contributed by atoms with E-state index in [1.165, 1.54) is 11.9 Å². The van der Waals surface area contributed by atoms with Crippen molar-refractivity contribution in [2.75, 3.05) is 7.05 Å². The first-order chi connectivity index (χ1) is 11.5. The minimum Gasteiger partial charge on any atom is -0.481 e. The van der Waals surface area contributed by atoms with Gasteiger partial charge in [-0.3, -0.25) is 19.3 Å². The molecule has 4 atom stereocenters. The molecule has 0 N–H and O–H groups in total. The van der Waals surface area contributed by atoms with Gasteiger partial charge in [-0.05, 0) is 37.8 Å². The fraction of sp³-hybridized carbons (Fsp3) is 0.421. The van der Waals surface area contributed by atoms with Crippen molar-refractivity contribution in [3.8, 4) is 5.75 Å². The van der Waals surface area contributed by atoms with Crippen molar-refractivity contribution in [3.05, 3.63) is 41.0 Å². The van der Waals surface area contributed by atoms with Crippen LogP contribution in [-0.4, -0.2) is 35.1 Å². The van der Waals surface area contributed by atoms with Crippen LogP contribution in [0.3, 0.4) is 0 Å². The number of ether oxygens (including phenoxy) is 1. The number of carbonyl (C=O) groups is 3. The SMILES string of the molecule is CC1=C2C(=O)c3ccccc3OC23CCC1C1C(=O)N(C)C(=O)C13. The zero-order valence-electron chi connectivity index (χ0n) is 13.5. The van der Waals surface area contributed by atoms with E-state index in [1.807, 2.05) is 19.1 Å². The lowest BCUT2D eigenvalue weighted by molar-refractivity contribution is -0.140. The molecule has 5 aliphatic rings. The number of nitrogens with zero attached hydrogens (tertiary/aromatic N) is 1. The molecule has 0 aromatic heterocycles. The summed E-state index contributed by atoms with van der Waals surface area (Å²) >= 11 is 0. The summed E-state index contributed by atoms with van der Waals surface area (Å²) in [5, 5.41) is 0. The van der Waals surface area contributed by atoms with E-state index in [2.05, 4.69) is 0 Å². The molecule has 5 heteroatoms. The van der Waals surface area contributed by atoms with Gasteiger partial charge in [0.15, 0.2) is 11.4 Å². The maximum Gasteiger partial charge on any atom is 0.237 e. The Hall–Kier alpha value is -2.43. The minimum atomic E-state index is -0.980. The van der Waals surface area contributed by atoms with Gasteiger partial charge in [-0.25, -0.2) is 0 Å². The van der Waals surface area contributed by atoms with Gasteiger partial charge in [-0.1, -0.05) is 17.7 Å². The zero-order valence-corrected chi connectivity index (χ0v) is 13.5. The van der Waals surface area contributed by atoms with Gasteiger partial charge < -0.3 is 4.74 Å². The molecule has 2 bridgehead atoms. The molecule has 1 saturated heterocycles. The molecule has 2 amide bonds. The van der Waals surface area contributed by atoms with E-state index in [0.717, 1.165) is 12.0 Å². The number of allylic oxidation sites excluding steroid dienone is 1. The number of carbonyl (C=O) groups excluding carboxylic acids is 3. The third-order valence-corrected chi connectivity index (χ3v) is 6.36. The molecule has 4 unspecified atom stereocenters. The molecular formula is C19H17NO4. The lowest BCUT2D eigenvalue weighted by Gasteiger charge is -2.54. The Kier molecular flexibility index (Phi) is 2.41. The first-order valence-corrected chi connectivity index (χ1v) is 8.33. The maximum atomic E-state index is 13.2. The van der Waals surface area contributed by atoms with Gasteiger partial charge >= 0.3 is 0 Å². The number of amides is 2. The van der Waals surface area contributed by atoms with Crippen molar-refractivity contribution in [2.24, 2.45) is 17.8 Å². The van der Waals surface area contributed by atoms with Gasteiger partial charge in [0.2, 0.25) is 11.8 Å². The van der Waals surface area contributed by atoms with E-state index in [9.17, 15) is 14.4 Å². The summed E-state index contributed by atoms with van der Waals surface area (Å²) in [4.78, 5) is 39.8. The average Bonchev–Trinajstić information content (AvgIpc) is 2.81. The van der Waals surface area contributed by atoms with E-state index < -0.39 is 17.4 Å². The van der Waals surface area contributed by atoms with Gasteiger partial charge in [0, 0.05) is 12.6 Å². The fourth-order valence-electron chi connectivity index (χ4n) is 5.33. The fourth-order valence-corrected chi connectivity index (χ4v) is 5.33. The Labute approximate surface area is 139 Å². The van der Waals surface area contributed by atoms with Crippen LogP contribution < -0.4 is 4.74 Å². The van der Waals surface area contributed by atoms with Crippen LogP contribution in [0.15, 0.2) is 35.4 Å². The predicted molar refractivity (Wildman–Crippen MR) is 84.3 cm³/mol. The molecular weight excluding hydrogens is 306 g/mol. The van der Waals surface area contributed by atoms with Gasteiger partial charge in [-0.15, -0.1) is 0 Å². The summed E-state index contributed by atoms with van der Waals surface area (Å²) in [5.41, 5.74) is 1.12. The molecule has 1 aromatic rings. The standard InChI is InChI=1S/C19H17NO4/c1-9-10-7-8-19(15-13(10)17(22)20(2)18(15)23)14(9)16(21)11-5-3-4-6-12(11)24-19/h3-6,10,13,15H,7-8H2,1-2H3. The Morgan fingerprint density at radius 2 is 1.92 bits per heavy atom. The van der Waals surface area contributed by atoms with Crippen LogP contribution in [0.2, 0.25) is 0 Å². The summed E-state index contributed by atoms with van der Waals surface area (Å²) in [5.74, 6) is -0.886. The first kappa shape index (κ1) is 14.0. The molecule has 3 aliphatic carbocycles. The highest BCUT2D eigenvalue weighted by molar-refractivity contribution is 6.16. The highest BCUT2D eigenvalue weighted by atomic mass is 16.5. The molecule has 24 heavy (non-hydrogen) atoms. The molecule has 122 valence electrons. The molecule has 5 nitrogen and oxygen atoms in total. The molecule has 2 heterocycles. The highest BCUT2D eigenvalue weighted by Crippen LogP contribution is 2.61. The Morgan fingerprint density at radius 1 is 1.17 bits per heavy atom. The molecule has 1 aromatic carbocycles. The summed E-state index contributed by atoms with van der Waals surface area (Å²) in [6, 6.07) is 7.17. The Balaban J connectivity index is 1.80. The maximum absolute atomic E-state index is 13.2. The monoisotopic (exact) mass is 323 g/mol. The van der Waals surface area contributed by atoms with Crippen LogP contribution >= 0.6 is 0 Å². The average molecular weight is 323 g/mol. The smallest absolute Gasteiger partial charge is 0.237 e. The predicted octanol–water partition coefficient (Wildman–Crippen LogP) is 1.97. The first-order valence-electron chi connectivity index (χ1n) is 8.33. The third-order valence-electron chi connectivity index (χ3n) is 6.36. The normalized spacial score (nSPS) is 36.5. The summed E-state index contributed by atoms with van der Waals surface area (Å²) in [7, 11) is 1.53. The van der Waals surface area contributed by atoms with Crippen LogP contribution in [0.25, 0.3) is 0 Å². The largest absolute Gasteiger partial charge is 0.481 e. The summed E-state index contributed by atoms with van der Waals surface area (Å²) in [6.45, 7) is 1.93. The van der Waals surface area contributed by atoms with Crippen molar-refractivity contribution in [2.45, 2.75) is 25.4 Å². The number of para-hydroxylation sites is 1. The number of rotatable bonds is 0. The number of benzene rings is 1. The number of fused-ring (bicyclic) bond motifs is 2. The van der Waals surface area contributed by atoms with Gasteiger partial charge in [0.25, 0.3) is 0 Å². The number of ketones is 1. The van der Waals surface area contributed by atoms with Crippen molar-refractivity contribution in [1.82, 2.24) is 4.90 Å². The number of likely N-dealkylation sites (tertiary alicyclic amines) is 1. The van der Waals surface area contributed by atoms with Crippen molar-refractivity contribution in [3.63, 3.8) is 0 Å². The van der Waals surface area contributed by atoms with Gasteiger partial charge in [-0.2, -0.15) is 0 Å². The number of hydrogen-bond donors (Lipinski definition) is 0. The van der Waals surface area contributed by atoms with E-state index in [-0.39, 0.29) is 23.5 Å². The second-order valence-electron chi connectivity index (χ2n) is 7.26. The van der Waals surface area contributed by atoms with Crippen LogP contribution in [0, 0.1) is 17.8 Å². The van der Waals surface area contributed by atoms with Crippen LogP contribution in [0.5, 0.6) is 5.75 Å². The van der Waals surface area contributed by atoms with E-state index >= 15 is 0 Å². The quantitative estimate of drug-likeness (QED) is 0.685. The Bertz CT molecular complexity index is 870. The van der Waals surface area contributed by atoms with E-state index in [0.29, 0.717) is 23.3 Å². The van der Waals surface area contributed by atoms with Crippen LogP contribution in [0.1, 0.15) is 30.1 Å². The second kappa shape index (κ2) is 4.15. The molecule has 1 spiro atoms. The highest BCUT2D eigenvalue weighted by Gasteiger charge is 2.69. The van der Waals surface area contributed by atoms with Gasteiger partial charge in [0.1, 0.15) is 5.75 Å². The summed E-state index contributed by atoms with van der Waals surface area (Å²) in [6.07, 6.45) is 1.39. The number of imide groups is 1. The number of hydrogen-bond acceptors (Lipinski definition) is 4. The van der Waals surface area contributed by atoms with Crippen LogP contribution in [-0.2, 0) is 9.59 Å². The molecule has 2 fully saturated rings. The topological polar surface area (TPSA) is 63.7 Å². The molecule has 6 rings (SSSR count). The van der Waals surface area contributed by atoms with Crippen molar-refractivity contribution >= 4 is 17.6 Å². The molecule has 2 aliphatic heterocycles.